The van der Waals surface area contributed by atoms with Gasteiger partial charge in [-0.3, -0.25) is 4.79 Å². The number of carbonyl (C=O) groups is 1. The highest BCUT2D eigenvalue weighted by Gasteiger charge is 2.34. The van der Waals surface area contributed by atoms with E-state index < -0.39 is 0 Å². The maximum atomic E-state index is 12.6. The Kier molecular flexibility index (Phi) is 4.05. The third kappa shape index (κ3) is 3.02. The molecule has 2 saturated heterocycles. The molecule has 3 heterocycles. The average molecular weight is 295 g/mol. The van der Waals surface area contributed by atoms with Crippen molar-refractivity contribution in [2.45, 2.75) is 19.4 Å². The van der Waals surface area contributed by atoms with Gasteiger partial charge in [0.1, 0.15) is 0 Å². The van der Waals surface area contributed by atoms with Crippen LogP contribution in [0.3, 0.4) is 0 Å². The van der Waals surface area contributed by atoms with Gasteiger partial charge in [0.15, 0.2) is 0 Å². The van der Waals surface area contributed by atoms with Crippen molar-refractivity contribution in [1.29, 1.82) is 0 Å². The van der Waals surface area contributed by atoms with Gasteiger partial charge in [0.25, 0.3) is 0 Å². The highest BCUT2D eigenvalue weighted by atomic mass is 32.1. The lowest BCUT2D eigenvalue weighted by molar-refractivity contribution is -0.133. The fourth-order valence-electron chi connectivity index (χ4n) is 3.13. The number of rotatable bonds is 2. The average Bonchev–Trinajstić information content (AvgIpc) is 2.59. The Labute approximate surface area is 123 Å². The Balaban J connectivity index is 1.73. The minimum Gasteiger partial charge on any atom is -0.379 e. The first-order chi connectivity index (χ1) is 9.61. The summed E-state index contributed by atoms with van der Waals surface area (Å²) in [7, 11) is 2.13. The molecule has 0 aliphatic carbocycles. The van der Waals surface area contributed by atoms with Crippen LogP contribution in [0.15, 0.2) is 5.38 Å². The zero-order valence-electron chi connectivity index (χ0n) is 12.0. The van der Waals surface area contributed by atoms with Crippen molar-refractivity contribution in [3.05, 3.63) is 16.1 Å². The van der Waals surface area contributed by atoms with Gasteiger partial charge >= 0.3 is 0 Å². The Morgan fingerprint density at radius 2 is 2.30 bits per heavy atom. The molecule has 5 nitrogen and oxygen atoms in total. The monoisotopic (exact) mass is 295 g/mol. The molecule has 0 unspecified atom stereocenters. The van der Waals surface area contributed by atoms with E-state index in [4.69, 9.17) is 4.74 Å². The van der Waals surface area contributed by atoms with Crippen LogP contribution in [-0.2, 0) is 16.0 Å². The van der Waals surface area contributed by atoms with Gasteiger partial charge in [-0.05, 0) is 14.0 Å². The lowest BCUT2D eigenvalue weighted by Crippen LogP contribution is -2.46. The van der Waals surface area contributed by atoms with Crippen LogP contribution in [0.4, 0.5) is 0 Å². The fourth-order valence-corrected chi connectivity index (χ4v) is 3.74. The van der Waals surface area contributed by atoms with Crippen molar-refractivity contribution in [1.82, 2.24) is 14.8 Å². The van der Waals surface area contributed by atoms with Crippen molar-refractivity contribution in [2.24, 2.45) is 5.92 Å². The Morgan fingerprint density at radius 1 is 1.45 bits per heavy atom. The number of fused-ring (bicyclic) bond motifs is 3. The maximum absolute atomic E-state index is 12.6. The smallest absolute Gasteiger partial charge is 0.229 e. The molecule has 2 fully saturated rings. The number of hydrogen-bond acceptors (Lipinski definition) is 5. The van der Waals surface area contributed by atoms with E-state index in [0.29, 0.717) is 18.9 Å². The van der Waals surface area contributed by atoms with Crippen LogP contribution in [0, 0.1) is 12.8 Å². The number of carbonyl (C=O) groups excluding carboxylic acids is 1. The van der Waals surface area contributed by atoms with E-state index in [1.54, 1.807) is 11.3 Å². The molecule has 1 aromatic rings. The van der Waals surface area contributed by atoms with E-state index in [-0.39, 0.29) is 11.9 Å². The van der Waals surface area contributed by atoms with Crippen LogP contribution in [0.2, 0.25) is 0 Å². The molecule has 0 saturated carbocycles. The summed E-state index contributed by atoms with van der Waals surface area (Å²) in [6.07, 6.45) is 0.414. The first kappa shape index (κ1) is 14.0. The largest absolute Gasteiger partial charge is 0.379 e. The van der Waals surface area contributed by atoms with Crippen LogP contribution >= 0.6 is 11.3 Å². The van der Waals surface area contributed by atoms with E-state index in [0.717, 1.165) is 36.9 Å². The van der Waals surface area contributed by atoms with Crippen molar-refractivity contribution in [3.63, 3.8) is 0 Å². The lowest BCUT2D eigenvalue weighted by Gasteiger charge is -2.29. The maximum Gasteiger partial charge on any atom is 0.229 e. The second-order valence-electron chi connectivity index (χ2n) is 5.86. The molecule has 0 spiro atoms. The van der Waals surface area contributed by atoms with E-state index in [2.05, 4.69) is 16.9 Å². The van der Waals surface area contributed by atoms with Crippen molar-refractivity contribution in [3.8, 4) is 0 Å². The predicted octanol–water partition coefficient (Wildman–Crippen LogP) is 0.783. The van der Waals surface area contributed by atoms with Crippen molar-refractivity contribution >= 4 is 17.2 Å². The topological polar surface area (TPSA) is 45.7 Å². The normalized spacial score (nSPS) is 27.4. The molecule has 20 heavy (non-hydrogen) atoms. The van der Waals surface area contributed by atoms with Gasteiger partial charge in [0, 0.05) is 30.9 Å². The van der Waals surface area contributed by atoms with Gasteiger partial charge in [-0.2, -0.15) is 0 Å². The number of likely N-dealkylation sites (N-methyl/N-ethyl adjacent to an activating group) is 1. The van der Waals surface area contributed by atoms with Crippen LogP contribution in [0.25, 0.3) is 0 Å². The number of aromatic nitrogens is 1. The van der Waals surface area contributed by atoms with E-state index in [1.165, 1.54) is 0 Å². The number of hydrogen-bond donors (Lipinski definition) is 0. The summed E-state index contributed by atoms with van der Waals surface area (Å²) in [4.78, 5) is 21.3. The summed E-state index contributed by atoms with van der Waals surface area (Å²) >= 11 is 1.60. The summed E-state index contributed by atoms with van der Waals surface area (Å²) in [6, 6.07) is 0.180. The van der Waals surface area contributed by atoms with Crippen molar-refractivity contribution in [2.75, 3.05) is 39.9 Å². The highest BCUT2D eigenvalue weighted by molar-refractivity contribution is 7.09. The zero-order chi connectivity index (χ0) is 14.1. The Hall–Kier alpha value is -0.980. The fraction of sp³-hybridized carbons (Fsp3) is 0.714. The van der Waals surface area contributed by atoms with Gasteiger partial charge in [0.2, 0.25) is 5.91 Å². The Bertz CT molecular complexity index is 491. The van der Waals surface area contributed by atoms with Crippen LogP contribution in [-0.4, -0.2) is 66.6 Å². The third-order valence-corrected chi connectivity index (χ3v) is 4.79. The lowest BCUT2D eigenvalue weighted by atomic mass is 10.1. The zero-order valence-corrected chi connectivity index (χ0v) is 12.9. The minimum atomic E-state index is 0.180. The molecule has 1 amide bonds. The van der Waals surface area contributed by atoms with Gasteiger partial charge in [0.05, 0.1) is 36.4 Å². The summed E-state index contributed by atoms with van der Waals surface area (Å²) in [5, 5.41) is 3.00. The van der Waals surface area contributed by atoms with Gasteiger partial charge in [-0.1, -0.05) is 0 Å². The summed E-state index contributed by atoms with van der Waals surface area (Å²) in [5.41, 5.74) is 0.894. The molecule has 2 aliphatic heterocycles. The molecule has 2 aliphatic rings. The van der Waals surface area contributed by atoms with E-state index in [1.807, 2.05) is 17.2 Å². The first-order valence-corrected chi connectivity index (χ1v) is 7.96. The van der Waals surface area contributed by atoms with Gasteiger partial charge in [-0.15, -0.1) is 11.3 Å². The third-order valence-electron chi connectivity index (χ3n) is 3.97. The summed E-state index contributed by atoms with van der Waals surface area (Å²) < 4.78 is 5.71. The van der Waals surface area contributed by atoms with Crippen LogP contribution in [0.5, 0.6) is 0 Å². The minimum absolute atomic E-state index is 0.180. The van der Waals surface area contributed by atoms with Crippen molar-refractivity contribution < 1.29 is 9.53 Å². The van der Waals surface area contributed by atoms with E-state index in [9.17, 15) is 4.79 Å². The Morgan fingerprint density at radius 3 is 3.05 bits per heavy atom. The number of thiazole rings is 1. The van der Waals surface area contributed by atoms with Gasteiger partial charge in [-0.25, -0.2) is 4.98 Å². The second-order valence-corrected chi connectivity index (χ2v) is 6.92. The number of nitrogens with zero attached hydrogens (tertiary/aromatic N) is 3. The molecule has 3 rings (SSSR count). The molecular weight excluding hydrogens is 274 g/mol. The standard InChI is InChI=1S/C14H21N3O2S/c1-10-15-12(9-20-10)3-14(18)17-5-11-4-16(2)6-13(17)8-19-7-11/h9,11,13H,3-8H2,1-2H3/t11-,13-/m0/s1. The highest BCUT2D eigenvalue weighted by Crippen LogP contribution is 2.20. The first-order valence-electron chi connectivity index (χ1n) is 7.08. The number of amides is 1. The van der Waals surface area contributed by atoms with Gasteiger partial charge < -0.3 is 14.5 Å². The molecule has 1 aromatic heterocycles. The molecule has 110 valence electrons. The molecular formula is C14H21N3O2S. The molecule has 6 heteroatoms. The van der Waals surface area contributed by atoms with E-state index >= 15 is 0 Å². The molecule has 0 radical (unpaired) electrons. The molecule has 2 bridgehead atoms. The molecule has 2 atom stereocenters. The van der Waals surface area contributed by atoms with Crippen LogP contribution in [0.1, 0.15) is 10.7 Å². The number of ether oxygens (including phenoxy) is 1. The quantitative estimate of drug-likeness (QED) is 0.809. The number of aryl methyl sites for hydroxylation is 1. The van der Waals surface area contributed by atoms with Crippen LogP contribution < -0.4 is 0 Å². The summed E-state index contributed by atoms with van der Waals surface area (Å²) in [6.45, 7) is 6.12. The molecule has 0 N–H and O–H groups in total. The summed E-state index contributed by atoms with van der Waals surface area (Å²) in [5.74, 6) is 0.611. The second kappa shape index (κ2) is 5.79. The molecule has 0 aromatic carbocycles. The predicted molar refractivity (Wildman–Crippen MR) is 77.9 cm³/mol. The SMILES string of the molecule is Cc1nc(CC(=O)N2C[C@H]3COC[C@@H]2CN(C)C3)cs1.